The lowest BCUT2D eigenvalue weighted by molar-refractivity contribution is -0.120. The third-order valence-electron chi connectivity index (χ3n) is 4.88. The molecule has 2 saturated heterocycles. The minimum atomic E-state index is -1.72. The fourth-order valence-corrected chi connectivity index (χ4v) is 3.60. The summed E-state index contributed by atoms with van der Waals surface area (Å²) in [6.45, 7) is 4.46. The summed E-state index contributed by atoms with van der Waals surface area (Å²) in [4.78, 5) is 32.1. The molecule has 3 aliphatic heterocycles. The van der Waals surface area contributed by atoms with Crippen LogP contribution in [0.4, 0.5) is 10.3 Å². The summed E-state index contributed by atoms with van der Waals surface area (Å²) in [5.74, 6) is 0.846. The van der Waals surface area contributed by atoms with Gasteiger partial charge < -0.3 is 9.80 Å². The van der Waals surface area contributed by atoms with Crippen LogP contribution in [0.15, 0.2) is 22.2 Å². The summed E-state index contributed by atoms with van der Waals surface area (Å²) < 4.78 is 13.5. The third kappa shape index (κ3) is 2.73. The van der Waals surface area contributed by atoms with Crippen LogP contribution in [0.1, 0.15) is 12.6 Å². The third-order valence-corrected chi connectivity index (χ3v) is 4.88. The lowest BCUT2D eigenvalue weighted by atomic mass is 10.0. The molecule has 3 aliphatic rings. The van der Waals surface area contributed by atoms with Gasteiger partial charge in [0.25, 0.3) is 5.91 Å². The van der Waals surface area contributed by atoms with Crippen molar-refractivity contribution in [3.8, 4) is 6.07 Å². The molecule has 0 radical (unpaired) electrons. The second-order valence-corrected chi connectivity index (χ2v) is 6.55. The predicted molar refractivity (Wildman–Crippen MR) is 88.0 cm³/mol. The number of halogens is 1. The molecule has 1 aromatic rings. The van der Waals surface area contributed by atoms with Crippen molar-refractivity contribution >= 4 is 23.5 Å². The summed E-state index contributed by atoms with van der Waals surface area (Å²) in [5, 5.41) is 8.96. The summed E-state index contributed by atoms with van der Waals surface area (Å²) in [7, 11) is 0. The second-order valence-electron chi connectivity index (χ2n) is 6.55. The number of aliphatic imine (C=N–C) groups is 2. The number of aromatic nitrogens is 2. The van der Waals surface area contributed by atoms with Crippen LogP contribution in [-0.4, -0.2) is 64.8 Å². The van der Waals surface area contributed by atoms with Crippen LogP contribution in [-0.2, 0) is 4.79 Å². The first-order valence-corrected chi connectivity index (χ1v) is 8.10. The zero-order valence-corrected chi connectivity index (χ0v) is 13.6. The monoisotopic (exact) mass is 341 g/mol. The summed E-state index contributed by atoms with van der Waals surface area (Å²) in [6, 6.07) is 3.61. The molecular formula is C16H16FN7O. The van der Waals surface area contributed by atoms with E-state index in [0.717, 1.165) is 13.1 Å². The minimum Gasteiger partial charge on any atom is -0.340 e. The molecule has 25 heavy (non-hydrogen) atoms. The molecule has 3 unspecified atom stereocenters. The molecule has 2 fully saturated rings. The van der Waals surface area contributed by atoms with Crippen molar-refractivity contribution in [3.63, 3.8) is 0 Å². The van der Waals surface area contributed by atoms with Crippen LogP contribution < -0.4 is 4.90 Å². The maximum absolute atomic E-state index is 13.5. The number of hydrogen-bond acceptors (Lipinski definition) is 7. The molecule has 4 heterocycles. The van der Waals surface area contributed by atoms with E-state index in [-0.39, 0.29) is 5.71 Å². The highest BCUT2D eigenvalue weighted by molar-refractivity contribution is 6.16. The number of nitrogens with zero attached hydrogens (tertiary/aromatic N) is 7. The number of hydrogen-bond donors (Lipinski definition) is 0. The molecule has 3 atom stereocenters. The van der Waals surface area contributed by atoms with Crippen molar-refractivity contribution in [3.05, 3.63) is 18.0 Å². The molecule has 1 amide bonds. The topological polar surface area (TPSA) is 97.8 Å². The Bertz CT molecular complexity index is 816. The molecule has 0 spiro atoms. The molecule has 0 saturated carbocycles. The molecule has 128 valence electrons. The van der Waals surface area contributed by atoms with Crippen molar-refractivity contribution in [2.75, 3.05) is 31.1 Å². The fraction of sp³-hybridized carbons (Fsp3) is 0.500. The van der Waals surface area contributed by atoms with E-state index in [1.807, 2.05) is 11.0 Å². The van der Waals surface area contributed by atoms with E-state index in [4.69, 9.17) is 5.26 Å². The van der Waals surface area contributed by atoms with Crippen molar-refractivity contribution in [1.29, 1.82) is 5.26 Å². The Balaban J connectivity index is 1.45. The number of nitriles is 1. The quantitative estimate of drug-likeness (QED) is 0.734. The van der Waals surface area contributed by atoms with E-state index in [1.54, 1.807) is 12.3 Å². The lowest BCUT2D eigenvalue weighted by Gasteiger charge is -2.24. The fourth-order valence-electron chi connectivity index (χ4n) is 3.60. The number of carbonyl (C=O) groups excluding carboxylic acids is 1. The first-order chi connectivity index (χ1) is 12.0. The van der Waals surface area contributed by atoms with Gasteiger partial charge in [0.15, 0.2) is 0 Å². The molecule has 9 heteroatoms. The van der Waals surface area contributed by atoms with E-state index < -0.39 is 12.1 Å². The molecule has 0 bridgehead atoms. The Morgan fingerprint density at radius 3 is 2.52 bits per heavy atom. The van der Waals surface area contributed by atoms with E-state index in [0.29, 0.717) is 42.5 Å². The van der Waals surface area contributed by atoms with Gasteiger partial charge in [-0.25, -0.2) is 19.4 Å². The molecular weight excluding hydrogens is 325 g/mol. The lowest BCUT2D eigenvalue weighted by Crippen LogP contribution is -2.38. The van der Waals surface area contributed by atoms with Crippen molar-refractivity contribution < 1.29 is 9.18 Å². The van der Waals surface area contributed by atoms with Crippen molar-refractivity contribution in [1.82, 2.24) is 14.9 Å². The summed E-state index contributed by atoms with van der Waals surface area (Å²) in [5.41, 5.74) is 0.514. The number of amides is 1. The van der Waals surface area contributed by atoms with Gasteiger partial charge in [0.05, 0.1) is 5.71 Å². The first kappa shape index (κ1) is 15.6. The van der Waals surface area contributed by atoms with Gasteiger partial charge in [-0.3, -0.25) is 4.79 Å². The number of likely N-dealkylation sites (tertiary alicyclic amines) is 1. The maximum atomic E-state index is 13.5. The van der Waals surface area contributed by atoms with E-state index >= 15 is 0 Å². The van der Waals surface area contributed by atoms with Crippen LogP contribution in [0.3, 0.4) is 0 Å². The Hall–Kier alpha value is -2.89. The molecule has 1 aromatic heterocycles. The Morgan fingerprint density at radius 2 is 1.88 bits per heavy atom. The number of fused-ring (bicyclic) bond motifs is 1. The maximum Gasteiger partial charge on any atom is 0.289 e. The van der Waals surface area contributed by atoms with Gasteiger partial charge in [-0.15, -0.1) is 0 Å². The highest BCUT2D eigenvalue weighted by Gasteiger charge is 2.42. The van der Waals surface area contributed by atoms with E-state index in [2.05, 4.69) is 24.9 Å². The molecule has 4 rings (SSSR count). The van der Waals surface area contributed by atoms with E-state index in [9.17, 15) is 9.18 Å². The first-order valence-electron chi connectivity index (χ1n) is 8.10. The average Bonchev–Trinajstić information content (AvgIpc) is 3.18. The highest BCUT2D eigenvalue weighted by Crippen LogP contribution is 2.33. The van der Waals surface area contributed by atoms with Gasteiger partial charge in [-0.05, 0) is 13.0 Å². The zero-order valence-electron chi connectivity index (χ0n) is 13.6. The average molecular weight is 341 g/mol. The van der Waals surface area contributed by atoms with Crippen molar-refractivity contribution in [2.45, 2.75) is 13.1 Å². The number of guanidine groups is 1. The summed E-state index contributed by atoms with van der Waals surface area (Å²) >= 11 is 0. The summed E-state index contributed by atoms with van der Waals surface area (Å²) in [6.07, 6.45) is -0.125. The van der Waals surface area contributed by atoms with E-state index in [1.165, 1.54) is 6.92 Å². The van der Waals surface area contributed by atoms with Crippen molar-refractivity contribution in [2.24, 2.45) is 21.8 Å². The Kier molecular flexibility index (Phi) is 3.67. The standard InChI is InChI=1S/C16H16FN7O/c1-9-13(17)14(25)22-16(20-9)24-7-10-5-23(6-11(10)8-24)15-19-3-2-12(4-18)21-15/h2-3,10-11,13H,5-8H2,1H3. The number of anilines is 1. The van der Waals surface area contributed by atoms with Gasteiger partial charge in [0.2, 0.25) is 18.1 Å². The van der Waals surface area contributed by atoms with Gasteiger partial charge in [0.1, 0.15) is 11.8 Å². The largest absolute Gasteiger partial charge is 0.340 e. The van der Waals surface area contributed by atoms with Gasteiger partial charge >= 0.3 is 0 Å². The Labute approximate surface area is 143 Å². The minimum absolute atomic E-state index is 0.162. The van der Waals surface area contributed by atoms with Crippen LogP contribution in [0, 0.1) is 23.2 Å². The molecule has 0 aliphatic carbocycles. The van der Waals surface area contributed by atoms with Crippen LogP contribution in [0.2, 0.25) is 0 Å². The van der Waals surface area contributed by atoms with Gasteiger partial charge in [-0.1, -0.05) is 0 Å². The normalized spacial score (nSPS) is 28.5. The highest BCUT2D eigenvalue weighted by atomic mass is 19.1. The predicted octanol–water partition coefficient (Wildman–Crippen LogP) is 0.411. The number of rotatable bonds is 1. The van der Waals surface area contributed by atoms with Gasteiger partial charge in [0, 0.05) is 44.2 Å². The van der Waals surface area contributed by atoms with Crippen LogP contribution in [0.25, 0.3) is 0 Å². The SMILES string of the molecule is CC1=NC(N2CC3CN(c4nccc(C#N)n4)CC3C2)=NC(=O)C1F. The Morgan fingerprint density at radius 1 is 1.20 bits per heavy atom. The second kappa shape index (κ2) is 5.88. The number of alkyl halides is 1. The smallest absolute Gasteiger partial charge is 0.289 e. The molecule has 0 aromatic carbocycles. The van der Waals surface area contributed by atoms with Gasteiger partial charge in [-0.2, -0.15) is 10.3 Å². The zero-order chi connectivity index (χ0) is 17.6. The van der Waals surface area contributed by atoms with Crippen LogP contribution >= 0.6 is 0 Å². The van der Waals surface area contributed by atoms with Crippen LogP contribution in [0.5, 0.6) is 0 Å². The molecule has 0 N–H and O–H groups in total. The molecule has 8 nitrogen and oxygen atoms in total. The number of carbonyl (C=O) groups is 1.